The van der Waals surface area contributed by atoms with Gasteiger partial charge in [-0.05, 0) is 28.3 Å². The zero-order valence-corrected chi connectivity index (χ0v) is 11.4. The second-order valence-electron chi connectivity index (χ2n) is 4.36. The van der Waals surface area contributed by atoms with Gasteiger partial charge >= 0.3 is 5.97 Å². The van der Waals surface area contributed by atoms with Crippen molar-refractivity contribution in [3.63, 3.8) is 0 Å². The molecule has 0 atom stereocenters. The highest BCUT2D eigenvalue weighted by Crippen LogP contribution is 2.30. The van der Waals surface area contributed by atoms with E-state index in [1.165, 1.54) is 7.11 Å². The van der Waals surface area contributed by atoms with Gasteiger partial charge in [0.1, 0.15) is 0 Å². The molecule has 0 fully saturated rings. The number of esters is 1. The number of hydrogen-bond donors (Lipinski definition) is 0. The van der Waals surface area contributed by atoms with Crippen molar-refractivity contribution in [1.82, 2.24) is 0 Å². The maximum atomic E-state index is 11.8. The smallest absolute Gasteiger partial charge is 0.338 e. The van der Waals surface area contributed by atoms with Crippen molar-refractivity contribution >= 4 is 17.1 Å². The van der Waals surface area contributed by atoms with Gasteiger partial charge in [-0.15, -0.1) is 0 Å². The number of carbonyl (C=O) groups is 1. The van der Waals surface area contributed by atoms with Crippen molar-refractivity contribution in [1.29, 1.82) is 0 Å². The van der Waals surface area contributed by atoms with E-state index in [9.17, 15) is 4.79 Å². The minimum absolute atomic E-state index is 0.373. The van der Waals surface area contributed by atoms with Gasteiger partial charge in [-0.2, -0.15) is 0 Å². The second-order valence-corrected chi connectivity index (χ2v) is 4.36. The van der Waals surface area contributed by atoms with Crippen molar-refractivity contribution in [2.75, 3.05) is 7.11 Å². The van der Waals surface area contributed by atoms with E-state index < -0.39 is 0 Å². The lowest BCUT2D eigenvalue weighted by Crippen LogP contribution is -2.05. The molecule has 0 saturated heterocycles. The van der Waals surface area contributed by atoms with Gasteiger partial charge in [0, 0.05) is 0 Å². The Morgan fingerprint density at radius 3 is 2.00 bits per heavy atom. The van der Waals surface area contributed by atoms with Crippen LogP contribution in [-0.4, -0.2) is 13.1 Å². The van der Waals surface area contributed by atoms with E-state index in [-0.39, 0.29) is 5.97 Å². The minimum Gasteiger partial charge on any atom is -0.465 e. The highest BCUT2D eigenvalue weighted by atomic mass is 16.5. The van der Waals surface area contributed by atoms with E-state index in [2.05, 4.69) is 13.2 Å². The van der Waals surface area contributed by atoms with Crippen LogP contribution in [0.25, 0.3) is 11.1 Å². The van der Waals surface area contributed by atoms with Crippen LogP contribution < -0.4 is 0 Å². The monoisotopic (exact) mass is 264 g/mol. The third kappa shape index (κ3) is 2.69. The molecule has 0 spiro atoms. The van der Waals surface area contributed by atoms with E-state index in [0.717, 1.165) is 22.3 Å². The van der Waals surface area contributed by atoms with Crippen molar-refractivity contribution in [2.45, 2.75) is 0 Å². The molecule has 0 aliphatic carbocycles. The summed E-state index contributed by atoms with van der Waals surface area (Å²) in [7, 11) is 1.37. The Morgan fingerprint density at radius 1 is 0.850 bits per heavy atom. The molecule has 0 bridgehead atoms. The molecule has 0 saturated carbocycles. The summed E-state index contributed by atoms with van der Waals surface area (Å²) in [4.78, 5) is 11.8. The van der Waals surface area contributed by atoms with Crippen molar-refractivity contribution in [3.8, 4) is 0 Å². The summed E-state index contributed by atoms with van der Waals surface area (Å²) in [5.41, 5.74) is 3.74. The molecule has 100 valence electrons. The highest BCUT2D eigenvalue weighted by Gasteiger charge is 2.15. The molecule has 0 aliphatic rings. The summed E-state index contributed by atoms with van der Waals surface area (Å²) in [5.74, 6) is -0.373. The Balaban J connectivity index is 2.40. The number of hydrogen-bond acceptors (Lipinski definition) is 2. The quantitative estimate of drug-likeness (QED) is 0.611. The van der Waals surface area contributed by atoms with Gasteiger partial charge in [0.05, 0.1) is 12.7 Å². The Morgan fingerprint density at radius 2 is 1.40 bits per heavy atom. The molecule has 0 heterocycles. The summed E-state index contributed by atoms with van der Waals surface area (Å²) < 4.78 is 4.80. The molecular formula is C18H16O2. The molecular weight excluding hydrogens is 248 g/mol. The fourth-order valence-corrected chi connectivity index (χ4v) is 2.01. The van der Waals surface area contributed by atoms with E-state index >= 15 is 0 Å². The Hall–Kier alpha value is -2.61. The lowest BCUT2D eigenvalue weighted by molar-refractivity contribution is 0.0600. The highest BCUT2D eigenvalue weighted by molar-refractivity contribution is 6.07. The topological polar surface area (TPSA) is 26.3 Å². The normalized spacial score (nSPS) is 9.85. The predicted molar refractivity (Wildman–Crippen MR) is 82.3 cm³/mol. The summed E-state index contributed by atoms with van der Waals surface area (Å²) in [6.45, 7) is 8.15. The number of methoxy groups -OCH3 is 1. The van der Waals surface area contributed by atoms with Gasteiger partial charge in [-0.1, -0.05) is 61.7 Å². The van der Waals surface area contributed by atoms with Crippen LogP contribution in [0.5, 0.6) is 0 Å². The Labute approximate surface area is 119 Å². The summed E-state index contributed by atoms with van der Waals surface area (Å²) in [6.07, 6.45) is 0. The number of carbonyl (C=O) groups excluding carboxylic acids is 1. The van der Waals surface area contributed by atoms with Crippen LogP contribution in [0.2, 0.25) is 0 Å². The molecule has 20 heavy (non-hydrogen) atoms. The molecule has 2 aromatic rings. The van der Waals surface area contributed by atoms with Crippen molar-refractivity contribution < 1.29 is 9.53 Å². The number of benzene rings is 2. The largest absolute Gasteiger partial charge is 0.465 e. The molecule has 2 rings (SSSR count). The first kappa shape index (κ1) is 13.8. The predicted octanol–water partition coefficient (Wildman–Crippen LogP) is 4.20. The molecule has 0 aliphatic heterocycles. The van der Waals surface area contributed by atoms with E-state index in [1.54, 1.807) is 12.1 Å². The molecule has 0 aromatic heterocycles. The average molecular weight is 264 g/mol. The van der Waals surface area contributed by atoms with Gasteiger partial charge in [-0.25, -0.2) is 4.79 Å². The average Bonchev–Trinajstić information content (AvgIpc) is 2.53. The Kier molecular flexibility index (Phi) is 4.16. The second kappa shape index (κ2) is 6.02. The third-order valence-electron chi connectivity index (χ3n) is 3.14. The van der Waals surface area contributed by atoms with Crippen LogP contribution in [0.3, 0.4) is 0 Å². The van der Waals surface area contributed by atoms with Crippen LogP contribution >= 0.6 is 0 Å². The molecule has 0 amide bonds. The first-order chi connectivity index (χ1) is 9.65. The Bertz CT molecular complexity index is 654. The molecule has 2 heteroatoms. The molecule has 0 N–H and O–H groups in total. The van der Waals surface area contributed by atoms with Crippen LogP contribution in [-0.2, 0) is 4.74 Å². The first-order valence-electron chi connectivity index (χ1n) is 6.26. The zero-order valence-electron chi connectivity index (χ0n) is 11.4. The van der Waals surface area contributed by atoms with Gasteiger partial charge in [0.25, 0.3) is 0 Å². The van der Waals surface area contributed by atoms with Crippen LogP contribution in [0.4, 0.5) is 0 Å². The molecule has 2 nitrogen and oxygen atoms in total. The summed E-state index contributed by atoms with van der Waals surface area (Å²) in [6, 6.07) is 17.0. The fourth-order valence-electron chi connectivity index (χ4n) is 2.01. The lowest BCUT2D eigenvalue weighted by atomic mass is 9.92. The zero-order chi connectivity index (χ0) is 14.5. The minimum atomic E-state index is -0.373. The van der Waals surface area contributed by atoms with Crippen LogP contribution in [0.1, 0.15) is 21.5 Å². The maximum Gasteiger partial charge on any atom is 0.338 e. The number of ether oxygens (including phenoxy) is 1. The van der Waals surface area contributed by atoms with Crippen LogP contribution in [0.15, 0.2) is 67.8 Å². The molecule has 0 radical (unpaired) electrons. The van der Waals surface area contributed by atoms with E-state index in [0.29, 0.717) is 5.56 Å². The van der Waals surface area contributed by atoms with Crippen molar-refractivity contribution in [3.05, 3.63) is 84.4 Å². The van der Waals surface area contributed by atoms with Crippen LogP contribution in [0, 0.1) is 0 Å². The third-order valence-corrected chi connectivity index (χ3v) is 3.14. The van der Waals surface area contributed by atoms with Gasteiger partial charge in [0.2, 0.25) is 0 Å². The summed E-state index contributed by atoms with van der Waals surface area (Å²) in [5, 5.41) is 0. The molecule has 2 aromatic carbocycles. The maximum absolute atomic E-state index is 11.8. The van der Waals surface area contributed by atoms with Gasteiger partial charge < -0.3 is 4.74 Å². The van der Waals surface area contributed by atoms with Crippen molar-refractivity contribution in [2.24, 2.45) is 0 Å². The molecule has 0 unspecified atom stereocenters. The first-order valence-corrected chi connectivity index (χ1v) is 6.26. The number of allylic oxidation sites excluding steroid dienone is 2. The fraction of sp³-hybridized carbons (Fsp3) is 0.0556. The van der Waals surface area contributed by atoms with E-state index in [1.807, 2.05) is 42.5 Å². The summed E-state index contributed by atoms with van der Waals surface area (Å²) >= 11 is 0. The number of rotatable bonds is 4. The van der Waals surface area contributed by atoms with Gasteiger partial charge in [0.15, 0.2) is 0 Å². The van der Waals surface area contributed by atoms with Gasteiger partial charge in [-0.3, -0.25) is 0 Å². The lowest BCUT2D eigenvalue weighted by Gasteiger charge is -2.13. The van der Waals surface area contributed by atoms with E-state index in [4.69, 9.17) is 4.74 Å². The SMILES string of the molecule is C=C(C(=C)c1ccccc1C(=O)OC)c1ccccc1. The standard InChI is InChI=1S/C18H16O2/c1-13(15-9-5-4-6-10-15)14(2)16-11-7-8-12-17(16)18(19)20-3/h4-12H,1-2H2,3H3.